The minimum Gasteiger partial charge on any atom is -0.494 e. The number of morpholine rings is 1. The number of ether oxygens (including phenoxy) is 3. The molecule has 0 spiro atoms. The van der Waals surface area contributed by atoms with E-state index in [0.29, 0.717) is 39.1 Å². The Kier molecular flexibility index (Phi) is 7.57. The number of halogens is 1. The number of sulfonamides is 1. The van der Waals surface area contributed by atoms with Gasteiger partial charge in [0.15, 0.2) is 11.6 Å². The van der Waals surface area contributed by atoms with Crippen molar-refractivity contribution in [1.29, 1.82) is 0 Å². The molecule has 0 radical (unpaired) electrons. The second kappa shape index (κ2) is 10.9. The van der Waals surface area contributed by atoms with Gasteiger partial charge in [-0.15, -0.1) is 0 Å². The van der Waals surface area contributed by atoms with E-state index < -0.39 is 39.9 Å². The first kappa shape index (κ1) is 27.1. The highest BCUT2D eigenvalue weighted by Gasteiger charge is 2.55. The summed E-state index contributed by atoms with van der Waals surface area (Å²) in [6, 6.07) is 3.70. The molecule has 3 aliphatic heterocycles. The van der Waals surface area contributed by atoms with Crippen LogP contribution in [0.3, 0.4) is 0 Å². The molecule has 15 heteroatoms. The summed E-state index contributed by atoms with van der Waals surface area (Å²) in [5.41, 5.74) is 1.57. The predicted octanol–water partition coefficient (Wildman–Crippen LogP) is 1.19. The first-order valence-corrected chi connectivity index (χ1v) is 13.8. The van der Waals surface area contributed by atoms with Crippen molar-refractivity contribution in [3.63, 3.8) is 0 Å². The number of fused-ring (bicyclic) bond motifs is 2. The number of methoxy groups -OCH3 is 1. The Morgan fingerprint density at radius 1 is 1.18 bits per heavy atom. The van der Waals surface area contributed by atoms with Crippen molar-refractivity contribution in [2.45, 2.75) is 35.9 Å². The molecule has 3 fully saturated rings. The monoisotopic (exact) mass is 565 g/mol. The lowest BCUT2D eigenvalue weighted by Gasteiger charge is -2.46. The van der Waals surface area contributed by atoms with Crippen molar-refractivity contribution >= 4 is 22.0 Å². The van der Waals surface area contributed by atoms with Crippen LogP contribution in [0.25, 0.3) is 0 Å². The summed E-state index contributed by atoms with van der Waals surface area (Å²) in [6.45, 7) is 1.47. The topological polar surface area (TPSA) is 151 Å². The number of hydrogen-bond acceptors (Lipinski definition) is 9. The molecule has 210 valence electrons. The van der Waals surface area contributed by atoms with Crippen molar-refractivity contribution in [2.24, 2.45) is 0 Å². The highest BCUT2D eigenvalue weighted by molar-refractivity contribution is 7.89. The fourth-order valence-corrected chi connectivity index (χ4v) is 6.90. The van der Waals surface area contributed by atoms with E-state index in [2.05, 4.69) is 4.98 Å². The molecular formula is C24H28FN5O8S. The summed E-state index contributed by atoms with van der Waals surface area (Å²) in [4.78, 5) is 33.2. The van der Waals surface area contributed by atoms with Gasteiger partial charge in [-0.05, 0) is 31.0 Å². The molecule has 3 amide bonds. The van der Waals surface area contributed by atoms with Crippen LogP contribution in [-0.2, 0) is 19.6 Å². The van der Waals surface area contributed by atoms with E-state index in [0.717, 1.165) is 16.6 Å². The summed E-state index contributed by atoms with van der Waals surface area (Å²) in [5.74, 6) is -1.38. The number of nitrogens with one attached hydrogen (secondary N) is 1. The average Bonchev–Trinajstić information content (AvgIpc) is 3.25. The van der Waals surface area contributed by atoms with Crippen LogP contribution >= 0.6 is 0 Å². The van der Waals surface area contributed by atoms with Crippen LogP contribution in [0.4, 0.5) is 9.18 Å². The summed E-state index contributed by atoms with van der Waals surface area (Å²) in [7, 11) is -2.94. The maximum atomic E-state index is 14.0. The van der Waals surface area contributed by atoms with Gasteiger partial charge >= 0.3 is 6.03 Å². The fourth-order valence-electron chi connectivity index (χ4n) is 5.30. The Hall–Kier alpha value is -3.53. The minimum atomic E-state index is -4.28. The van der Waals surface area contributed by atoms with Crippen molar-refractivity contribution in [2.75, 3.05) is 40.0 Å². The molecule has 2 bridgehead atoms. The van der Waals surface area contributed by atoms with E-state index in [1.165, 1.54) is 31.4 Å². The summed E-state index contributed by atoms with van der Waals surface area (Å²) >= 11 is 0. The molecule has 1 aromatic carbocycles. The Morgan fingerprint density at radius 3 is 2.59 bits per heavy atom. The van der Waals surface area contributed by atoms with Gasteiger partial charge in [0.25, 0.3) is 5.91 Å². The number of rotatable bonds is 6. The molecule has 0 unspecified atom stereocenters. The third-order valence-corrected chi connectivity index (χ3v) is 8.99. The SMILES string of the molecule is COc1ccc(Oc2ccc(S(=O)(=O)N3C[C@H]4CC[C@@H]([C@@H]3C(=O)NO)N4C(=O)N3CCOCC3)cn2)cc1F. The zero-order chi connectivity index (χ0) is 27.7. The molecule has 3 aliphatic rings. The molecule has 2 N–H and O–H groups in total. The van der Waals surface area contributed by atoms with Crippen LogP contribution < -0.4 is 15.0 Å². The lowest BCUT2D eigenvalue weighted by Crippen LogP contribution is -2.68. The minimum absolute atomic E-state index is 0.0177. The number of amides is 3. The number of hydroxylamine groups is 1. The first-order valence-electron chi connectivity index (χ1n) is 12.3. The van der Waals surface area contributed by atoms with Gasteiger partial charge in [0.2, 0.25) is 15.9 Å². The van der Waals surface area contributed by atoms with Crippen LogP contribution in [0.5, 0.6) is 17.4 Å². The van der Waals surface area contributed by atoms with E-state index in [-0.39, 0.29) is 34.9 Å². The number of urea groups is 1. The third kappa shape index (κ3) is 5.09. The summed E-state index contributed by atoms with van der Waals surface area (Å²) < 4.78 is 58.1. The Balaban J connectivity index is 1.37. The van der Waals surface area contributed by atoms with Crippen molar-refractivity contribution in [1.82, 2.24) is 24.6 Å². The maximum Gasteiger partial charge on any atom is 0.320 e. The standard InChI is InChI=1S/C24H28FN5O8S/c1-36-20-6-3-16(12-18(20)25)38-21-7-4-17(13-26-21)39(34,35)29-14-15-2-5-19(22(29)23(31)27-33)30(15)24(32)28-8-10-37-11-9-28/h3-4,6-7,12-13,15,19,22,33H,2,5,8-11,14H2,1H3,(H,27,31)/t15-,19+,22-/m1/s1. The molecule has 13 nitrogen and oxygen atoms in total. The van der Waals surface area contributed by atoms with Gasteiger partial charge in [-0.1, -0.05) is 0 Å². The number of aromatic nitrogens is 1. The van der Waals surface area contributed by atoms with Crippen LogP contribution in [-0.4, -0.2) is 103 Å². The average molecular weight is 566 g/mol. The van der Waals surface area contributed by atoms with Gasteiger partial charge < -0.3 is 24.0 Å². The van der Waals surface area contributed by atoms with Crippen LogP contribution in [0, 0.1) is 5.82 Å². The van der Waals surface area contributed by atoms with Crippen molar-refractivity contribution in [3.8, 4) is 17.4 Å². The van der Waals surface area contributed by atoms with E-state index in [4.69, 9.17) is 14.2 Å². The van der Waals surface area contributed by atoms with Crippen LogP contribution in [0.15, 0.2) is 41.4 Å². The molecule has 39 heavy (non-hydrogen) atoms. The number of pyridine rings is 1. The van der Waals surface area contributed by atoms with Crippen molar-refractivity contribution in [3.05, 3.63) is 42.3 Å². The number of piperazine rings is 1. The maximum absolute atomic E-state index is 14.0. The second-order valence-corrected chi connectivity index (χ2v) is 11.2. The highest BCUT2D eigenvalue weighted by atomic mass is 32.2. The Labute approximate surface area is 224 Å². The number of carbonyl (C=O) groups excluding carboxylic acids is 2. The lowest BCUT2D eigenvalue weighted by atomic mass is 10.0. The highest BCUT2D eigenvalue weighted by Crippen LogP contribution is 2.38. The van der Waals surface area contributed by atoms with E-state index in [1.54, 1.807) is 15.3 Å². The quantitative estimate of drug-likeness (QED) is 0.389. The molecule has 5 rings (SSSR count). The van der Waals surface area contributed by atoms with E-state index >= 15 is 0 Å². The van der Waals surface area contributed by atoms with Crippen molar-refractivity contribution < 1.29 is 41.8 Å². The third-order valence-electron chi connectivity index (χ3n) is 7.15. The largest absolute Gasteiger partial charge is 0.494 e. The molecule has 0 saturated carbocycles. The molecular weight excluding hydrogens is 537 g/mol. The van der Waals surface area contributed by atoms with E-state index in [1.807, 2.05) is 0 Å². The first-order chi connectivity index (χ1) is 18.7. The van der Waals surface area contributed by atoms with Gasteiger partial charge in [-0.2, -0.15) is 4.31 Å². The van der Waals surface area contributed by atoms with Gasteiger partial charge in [-0.3, -0.25) is 10.0 Å². The summed E-state index contributed by atoms with van der Waals surface area (Å²) in [5, 5.41) is 9.46. The normalized spacial score (nSPS) is 23.4. The van der Waals surface area contributed by atoms with Gasteiger partial charge in [0.1, 0.15) is 16.7 Å². The van der Waals surface area contributed by atoms with Gasteiger partial charge in [-0.25, -0.2) is 28.1 Å². The zero-order valence-corrected chi connectivity index (χ0v) is 21.8. The predicted molar refractivity (Wildman–Crippen MR) is 131 cm³/mol. The van der Waals surface area contributed by atoms with Gasteiger partial charge in [0.05, 0.1) is 32.6 Å². The fraction of sp³-hybridized carbons (Fsp3) is 0.458. The molecule has 4 heterocycles. The van der Waals surface area contributed by atoms with Crippen LogP contribution in [0.1, 0.15) is 12.8 Å². The van der Waals surface area contributed by atoms with Crippen LogP contribution in [0.2, 0.25) is 0 Å². The number of nitrogens with zero attached hydrogens (tertiary/aromatic N) is 4. The molecule has 3 saturated heterocycles. The van der Waals surface area contributed by atoms with Gasteiger partial charge in [0, 0.05) is 37.8 Å². The van der Waals surface area contributed by atoms with E-state index in [9.17, 15) is 27.6 Å². The Bertz CT molecular complexity index is 1340. The molecule has 3 atom stereocenters. The second-order valence-electron chi connectivity index (χ2n) is 9.31. The molecule has 2 aromatic rings. The summed E-state index contributed by atoms with van der Waals surface area (Å²) in [6.07, 6.45) is 1.98. The lowest BCUT2D eigenvalue weighted by molar-refractivity contribution is -0.136. The molecule has 0 aliphatic carbocycles. The number of carbonyl (C=O) groups is 2. The molecule has 1 aromatic heterocycles. The smallest absolute Gasteiger partial charge is 0.320 e. The number of hydrogen-bond donors (Lipinski definition) is 2. The Morgan fingerprint density at radius 2 is 1.95 bits per heavy atom. The zero-order valence-electron chi connectivity index (χ0n) is 21.0. The number of benzene rings is 1.